The van der Waals surface area contributed by atoms with Crippen molar-refractivity contribution in [2.75, 3.05) is 0 Å². The summed E-state index contributed by atoms with van der Waals surface area (Å²) in [4.78, 5) is 15.4. The van der Waals surface area contributed by atoms with Crippen molar-refractivity contribution >= 4 is 86.3 Å². The number of rotatable bonds is 3. The lowest BCUT2D eigenvalue weighted by Crippen LogP contribution is -2.03. The molecule has 0 aliphatic heterocycles. The van der Waals surface area contributed by atoms with Crippen LogP contribution in [0, 0.1) is 0 Å². The van der Waals surface area contributed by atoms with Gasteiger partial charge in [0.25, 0.3) is 0 Å². The van der Waals surface area contributed by atoms with Crippen LogP contribution in [0.15, 0.2) is 150 Å². The number of hydrogen-bond acceptors (Lipinski definition) is 5. The first-order chi connectivity index (χ1) is 24.3. The van der Waals surface area contributed by atoms with E-state index < -0.39 is 0 Å². The molecule has 6 aromatic carbocycles. The van der Waals surface area contributed by atoms with Gasteiger partial charge < -0.3 is 4.42 Å². The summed E-state index contributed by atoms with van der Waals surface area (Å²) in [6, 6.07) is 49.0. The van der Waals surface area contributed by atoms with Crippen molar-refractivity contribution in [3.05, 3.63) is 146 Å². The molecule has 0 fully saturated rings. The molecule has 11 aromatic rings. The SMILES string of the molecule is c1ccc(-c2ccc3c(c2)oc2nc(-c4ccc5c(c4)sc4ccccc45)c(-n4c5ccccc5c5cc6ccccc6cc54)nc23)nc1. The van der Waals surface area contributed by atoms with Crippen molar-refractivity contribution < 1.29 is 4.42 Å². The number of furan rings is 1. The van der Waals surface area contributed by atoms with Crippen LogP contribution in [-0.2, 0) is 0 Å². The third-order valence-corrected chi connectivity index (χ3v) is 10.8. The second kappa shape index (κ2) is 10.1. The first kappa shape index (κ1) is 26.7. The van der Waals surface area contributed by atoms with Crippen LogP contribution in [0.4, 0.5) is 0 Å². The Morgan fingerprint density at radius 1 is 0.531 bits per heavy atom. The number of pyridine rings is 1. The predicted molar refractivity (Wildman–Crippen MR) is 203 cm³/mol. The molecule has 0 spiro atoms. The van der Waals surface area contributed by atoms with Gasteiger partial charge in [0.1, 0.15) is 16.8 Å². The summed E-state index contributed by atoms with van der Waals surface area (Å²) >= 11 is 1.80. The van der Waals surface area contributed by atoms with Gasteiger partial charge in [0.05, 0.1) is 16.7 Å². The maximum absolute atomic E-state index is 6.51. The van der Waals surface area contributed by atoms with Crippen molar-refractivity contribution in [2.45, 2.75) is 0 Å². The zero-order valence-corrected chi connectivity index (χ0v) is 26.8. The average molecular weight is 645 g/mol. The highest BCUT2D eigenvalue weighted by Crippen LogP contribution is 2.41. The van der Waals surface area contributed by atoms with Crippen molar-refractivity contribution in [1.29, 1.82) is 0 Å². The van der Waals surface area contributed by atoms with Crippen molar-refractivity contribution in [1.82, 2.24) is 19.5 Å². The second-order valence-electron chi connectivity index (χ2n) is 12.5. The van der Waals surface area contributed by atoms with E-state index in [2.05, 4.69) is 125 Å². The largest absolute Gasteiger partial charge is 0.436 e. The third kappa shape index (κ3) is 3.95. The van der Waals surface area contributed by atoms with E-state index >= 15 is 0 Å². The predicted octanol–water partition coefficient (Wildman–Crippen LogP) is 11.7. The van der Waals surface area contributed by atoms with Gasteiger partial charge in [-0.05, 0) is 65.4 Å². The topological polar surface area (TPSA) is 56.7 Å². The van der Waals surface area contributed by atoms with Crippen LogP contribution in [0.2, 0.25) is 0 Å². The lowest BCUT2D eigenvalue weighted by Gasteiger charge is -2.13. The molecule has 0 aliphatic carbocycles. The molecule has 5 aromatic heterocycles. The van der Waals surface area contributed by atoms with E-state index in [0.29, 0.717) is 5.71 Å². The lowest BCUT2D eigenvalue weighted by atomic mass is 10.1. The van der Waals surface area contributed by atoms with Gasteiger partial charge in [0, 0.05) is 53.7 Å². The Labute approximate surface area is 283 Å². The number of hydrogen-bond donors (Lipinski definition) is 0. The Hall–Kier alpha value is -6.37. The lowest BCUT2D eigenvalue weighted by molar-refractivity contribution is 0.653. The van der Waals surface area contributed by atoms with Crippen LogP contribution >= 0.6 is 11.3 Å². The summed E-state index contributed by atoms with van der Waals surface area (Å²) < 4.78 is 11.3. The van der Waals surface area contributed by atoms with Gasteiger partial charge in [-0.2, -0.15) is 0 Å². The number of fused-ring (bicyclic) bond motifs is 10. The average Bonchev–Trinajstić information content (AvgIpc) is 3.82. The quantitative estimate of drug-likeness (QED) is 0.192. The van der Waals surface area contributed by atoms with E-state index in [1.807, 2.05) is 30.5 Å². The van der Waals surface area contributed by atoms with Crippen LogP contribution in [0.3, 0.4) is 0 Å². The van der Waals surface area contributed by atoms with Crippen molar-refractivity contribution in [3.8, 4) is 28.3 Å². The standard InChI is InChI=1S/C43H24N4OS/c1-2-10-26-22-36-33(21-25(26)9-1)29-11-3-5-14-35(29)47(36)42-40(28-17-18-31-30-12-4-6-15-38(30)49-39(31)24-28)46-43-41(45-42)32-19-16-27(23-37(32)48-43)34-13-7-8-20-44-34/h1-24H. The Balaban J connectivity index is 1.24. The fourth-order valence-electron chi connectivity index (χ4n) is 7.36. The molecule has 6 heteroatoms. The number of benzene rings is 6. The minimum atomic E-state index is 0.509. The van der Waals surface area contributed by atoms with Gasteiger partial charge >= 0.3 is 0 Å². The maximum atomic E-state index is 6.51. The summed E-state index contributed by atoms with van der Waals surface area (Å²) in [5.74, 6) is 0.769. The minimum Gasteiger partial charge on any atom is -0.436 e. The highest BCUT2D eigenvalue weighted by atomic mass is 32.1. The molecule has 0 N–H and O–H groups in total. The molecule has 0 bridgehead atoms. The van der Waals surface area contributed by atoms with Gasteiger partial charge in [-0.25, -0.2) is 9.97 Å². The number of thiophene rings is 1. The summed E-state index contributed by atoms with van der Waals surface area (Å²) in [5.41, 5.74) is 7.77. The Bertz CT molecular complexity index is 3120. The molecule has 5 nitrogen and oxygen atoms in total. The Morgan fingerprint density at radius 2 is 1.29 bits per heavy atom. The summed E-state index contributed by atoms with van der Waals surface area (Å²) in [7, 11) is 0. The van der Waals surface area contributed by atoms with E-state index in [1.54, 1.807) is 11.3 Å². The van der Waals surface area contributed by atoms with Crippen LogP contribution in [0.5, 0.6) is 0 Å². The molecule has 228 valence electrons. The number of para-hydroxylation sites is 1. The normalized spacial score (nSPS) is 12.1. The third-order valence-electron chi connectivity index (χ3n) is 9.65. The summed E-state index contributed by atoms with van der Waals surface area (Å²) in [5, 5.41) is 8.17. The number of aromatic nitrogens is 4. The van der Waals surface area contributed by atoms with Gasteiger partial charge in [0.15, 0.2) is 5.82 Å². The first-order valence-electron chi connectivity index (χ1n) is 16.3. The van der Waals surface area contributed by atoms with Gasteiger partial charge in [0.2, 0.25) is 5.71 Å². The highest BCUT2D eigenvalue weighted by Gasteiger charge is 2.23. The maximum Gasteiger partial charge on any atom is 0.247 e. The molecule has 0 radical (unpaired) electrons. The number of nitrogens with zero attached hydrogens (tertiary/aromatic N) is 4. The van der Waals surface area contributed by atoms with Gasteiger partial charge in [-0.1, -0.05) is 84.9 Å². The van der Waals surface area contributed by atoms with Crippen LogP contribution in [0.1, 0.15) is 0 Å². The summed E-state index contributed by atoms with van der Waals surface area (Å²) in [6.45, 7) is 0. The van der Waals surface area contributed by atoms with Crippen molar-refractivity contribution in [2.24, 2.45) is 0 Å². The van der Waals surface area contributed by atoms with E-state index in [4.69, 9.17) is 14.4 Å². The van der Waals surface area contributed by atoms with Crippen LogP contribution < -0.4 is 0 Å². The van der Waals surface area contributed by atoms with Gasteiger partial charge in [-0.15, -0.1) is 11.3 Å². The molecular formula is C43H24N4OS. The van der Waals surface area contributed by atoms with E-state index in [-0.39, 0.29) is 0 Å². The zero-order chi connectivity index (χ0) is 32.1. The molecule has 49 heavy (non-hydrogen) atoms. The van der Waals surface area contributed by atoms with Crippen molar-refractivity contribution in [3.63, 3.8) is 0 Å². The first-order valence-corrected chi connectivity index (χ1v) is 17.1. The summed E-state index contributed by atoms with van der Waals surface area (Å²) in [6.07, 6.45) is 1.81. The smallest absolute Gasteiger partial charge is 0.247 e. The minimum absolute atomic E-state index is 0.509. The highest BCUT2D eigenvalue weighted by molar-refractivity contribution is 7.25. The molecule has 0 atom stereocenters. The molecule has 0 amide bonds. The molecule has 0 unspecified atom stereocenters. The molecule has 0 aliphatic rings. The van der Waals surface area contributed by atoms with Crippen LogP contribution in [-0.4, -0.2) is 19.5 Å². The fraction of sp³-hybridized carbons (Fsp3) is 0. The van der Waals surface area contributed by atoms with E-state index in [1.165, 1.54) is 41.7 Å². The van der Waals surface area contributed by atoms with Gasteiger partial charge in [-0.3, -0.25) is 9.55 Å². The Kier molecular flexibility index (Phi) is 5.48. The fourth-order valence-corrected chi connectivity index (χ4v) is 8.51. The molecule has 11 rings (SSSR count). The van der Waals surface area contributed by atoms with E-state index in [9.17, 15) is 0 Å². The molecule has 5 heterocycles. The molecular weight excluding hydrogens is 621 g/mol. The van der Waals surface area contributed by atoms with Crippen LogP contribution in [0.25, 0.3) is 103 Å². The molecule has 0 saturated carbocycles. The molecule has 0 saturated heterocycles. The Morgan fingerprint density at radius 3 is 2.18 bits per heavy atom. The van der Waals surface area contributed by atoms with E-state index in [0.717, 1.165) is 55.9 Å². The monoisotopic (exact) mass is 644 g/mol. The second-order valence-corrected chi connectivity index (χ2v) is 13.5. The zero-order valence-electron chi connectivity index (χ0n) is 26.0.